The van der Waals surface area contributed by atoms with E-state index in [4.69, 9.17) is 4.55 Å². The summed E-state index contributed by atoms with van der Waals surface area (Å²) in [6, 6.07) is 0.190. The average Bonchev–Trinajstić information content (AvgIpc) is 2.02. The van der Waals surface area contributed by atoms with Gasteiger partial charge in [-0.2, -0.15) is 4.21 Å². The van der Waals surface area contributed by atoms with Gasteiger partial charge in [0.1, 0.15) is 0 Å². The van der Waals surface area contributed by atoms with Crippen molar-refractivity contribution in [1.82, 2.24) is 5.32 Å². The first-order valence-corrected chi connectivity index (χ1v) is 6.30. The maximum Gasteiger partial charge on any atom is 0.266 e. The second-order valence-electron chi connectivity index (χ2n) is 2.86. The van der Waals surface area contributed by atoms with Gasteiger partial charge >= 0.3 is 0 Å². The van der Waals surface area contributed by atoms with Crippen molar-refractivity contribution < 1.29 is 12.9 Å². The minimum Gasteiger partial charge on any atom is -0.312 e. The van der Waals surface area contributed by atoms with Gasteiger partial charge in [-0.15, -0.1) is 0 Å². The van der Waals surface area contributed by atoms with Crippen LogP contribution in [-0.2, 0) is 24.4 Å². The number of rotatable bonds is 3. The lowest BCUT2D eigenvalue weighted by Gasteiger charge is -2.22. The molecule has 12 heavy (non-hydrogen) atoms. The largest absolute Gasteiger partial charge is 0.312 e. The minimum absolute atomic E-state index is 0.190. The smallest absolute Gasteiger partial charge is 0.266 e. The molecule has 72 valence electrons. The summed E-state index contributed by atoms with van der Waals surface area (Å²) in [6.45, 7) is 1.19. The Morgan fingerprint density at radius 3 is 2.92 bits per heavy atom. The molecule has 1 rings (SSSR count). The van der Waals surface area contributed by atoms with Crippen LogP contribution in [0.5, 0.6) is 0 Å². The summed E-state index contributed by atoms with van der Waals surface area (Å²) in [7, 11) is -3.43. The van der Waals surface area contributed by atoms with E-state index in [0.29, 0.717) is 0 Å². The van der Waals surface area contributed by atoms with E-state index in [2.05, 4.69) is 20.7 Å². The fourth-order valence-corrected chi connectivity index (χ4v) is 1.74. The van der Waals surface area contributed by atoms with Crippen molar-refractivity contribution >= 4 is 20.2 Å². The Bertz CT molecular complexity index is 221. The fourth-order valence-electron chi connectivity index (χ4n) is 1.23. The van der Waals surface area contributed by atoms with E-state index in [1.165, 1.54) is 6.42 Å². The molecule has 0 spiro atoms. The SMILES string of the molecule is O=S(O)(=S)OC[C@@H]1CCCCN1. The molecule has 1 aliphatic heterocycles. The van der Waals surface area contributed by atoms with Gasteiger partial charge in [0, 0.05) is 17.2 Å². The predicted molar refractivity (Wildman–Crippen MR) is 49.7 cm³/mol. The topological polar surface area (TPSA) is 58.6 Å². The Balaban J connectivity index is 2.22. The van der Waals surface area contributed by atoms with E-state index in [-0.39, 0.29) is 12.6 Å². The summed E-state index contributed by atoms with van der Waals surface area (Å²) in [6.07, 6.45) is 3.30. The molecule has 0 aromatic carbocycles. The molecule has 0 bridgehead atoms. The zero-order valence-corrected chi connectivity index (χ0v) is 8.33. The molecule has 0 aromatic heterocycles. The molecule has 2 N–H and O–H groups in total. The summed E-state index contributed by atoms with van der Waals surface area (Å²) in [4.78, 5) is 0. The lowest BCUT2D eigenvalue weighted by molar-refractivity contribution is 0.237. The van der Waals surface area contributed by atoms with E-state index in [0.717, 1.165) is 19.4 Å². The third kappa shape index (κ3) is 4.32. The average molecular weight is 211 g/mol. The molecule has 1 unspecified atom stereocenters. The van der Waals surface area contributed by atoms with Gasteiger partial charge in [-0.25, -0.2) is 0 Å². The Hall–Kier alpha value is 0.250. The van der Waals surface area contributed by atoms with Crippen molar-refractivity contribution in [3.05, 3.63) is 0 Å². The molecule has 0 radical (unpaired) electrons. The van der Waals surface area contributed by atoms with Crippen molar-refractivity contribution in [1.29, 1.82) is 0 Å². The van der Waals surface area contributed by atoms with Gasteiger partial charge in [0.05, 0.1) is 6.61 Å². The van der Waals surface area contributed by atoms with Crippen LogP contribution in [0.25, 0.3) is 0 Å². The van der Waals surface area contributed by atoms with E-state index < -0.39 is 9.05 Å². The third-order valence-corrected chi connectivity index (χ3v) is 2.55. The Morgan fingerprint density at radius 2 is 2.42 bits per heavy atom. The summed E-state index contributed by atoms with van der Waals surface area (Å²) in [5.74, 6) is 0. The molecular formula is C6H13NO3S2. The molecular weight excluding hydrogens is 198 g/mol. The maximum absolute atomic E-state index is 10.5. The van der Waals surface area contributed by atoms with Crippen LogP contribution in [0.2, 0.25) is 0 Å². The van der Waals surface area contributed by atoms with Crippen molar-refractivity contribution in [3.8, 4) is 0 Å². The van der Waals surface area contributed by atoms with Gasteiger partial charge < -0.3 is 5.32 Å². The highest BCUT2D eigenvalue weighted by atomic mass is 32.9. The van der Waals surface area contributed by atoms with Crippen LogP contribution in [0.15, 0.2) is 0 Å². The standard InChI is InChI=1S/C6H13NO3S2/c8-12(9,11)10-5-6-3-1-2-4-7-6/h6-7H,1-5H2,(H,8,9,11)/t6-/m0/s1. The van der Waals surface area contributed by atoms with Crippen LogP contribution >= 0.6 is 0 Å². The molecule has 0 aliphatic carbocycles. The van der Waals surface area contributed by atoms with Gasteiger partial charge in [0.2, 0.25) is 0 Å². The summed E-state index contributed by atoms with van der Waals surface area (Å²) >= 11 is 4.19. The van der Waals surface area contributed by atoms with Crippen molar-refractivity contribution in [2.75, 3.05) is 13.2 Å². The van der Waals surface area contributed by atoms with Gasteiger partial charge in [0.15, 0.2) is 0 Å². The Morgan fingerprint density at radius 1 is 1.67 bits per heavy atom. The molecule has 1 heterocycles. The molecule has 1 aliphatic rings. The number of hydrogen-bond donors (Lipinski definition) is 2. The molecule has 0 amide bonds. The van der Waals surface area contributed by atoms with Gasteiger partial charge in [-0.3, -0.25) is 8.74 Å². The Kier molecular flexibility index (Phi) is 3.85. The zero-order valence-electron chi connectivity index (χ0n) is 6.69. The van der Waals surface area contributed by atoms with E-state index in [9.17, 15) is 4.21 Å². The first-order valence-electron chi connectivity index (χ1n) is 3.93. The fraction of sp³-hybridized carbons (Fsp3) is 1.00. The van der Waals surface area contributed by atoms with Crippen LogP contribution in [-0.4, -0.2) is 28.0 Å². The first-order chi connectivity index (χ1) is 5.58. The van der Waals surface area contributed by atoms with E-state index in [1.54, 1.807) is 0 Å². The highest BCUT2D eigenvalue weighted by Gasteiger charge is 2.14. The Labute approximate surface area is 77.4 Å². The summed E-state index contributed by atoms with van der Waals surface area (Å²) < 4.78 is 23.8. The monoisotopic (exact) mass is 211 g/mol. The number of piperidine rings is 1. The van der Waals surface area contributed by atoms with Crippen LogP contribution in [0.4, 0.5) is 0 Å². The normalized spacial score (nSPS) is 29.6. The minimum atomic E-state index is -3.43. The quantitative estimate of drug-likeness (QED) is 0.702. The predicted octanol–water partition coefficient (Wildman–Crippen LogP) is 0.279. The second kappa shape index (κ2) is 4.48. The highest BCUT2D eigenvalue weighted by molar-refractivity contribution is 8.27. The van der Waals surface area contributed by atoms with Crippen LogP contribution < -0.4 is 5.32 Å². The number of nitrogens with one attached hydrogen (secondary N) is 1. The van der Waals surface area contributed by atoms with Crippen LogP contribution in [0, 0.1) is 0 Å². The molecule has 2 atom stereocenters. The lowest BCUT2D eigenvalue weighted by Crippen LogP contribution is -2.38. The van der Waals surface area contributed by atoms with Crippen molar-refractivity contribution in [2.24, 2.45) is 0 Å². The van der Waals surface area contributed by atoms with Gasteiger partial charge in [-0.05, 0) is 19.4 Å². The number of hydrogen-bond acceptors (Lipinski definition) is 4. The third-order valence-electron chi connectivity index (χ3n) is 1.83. The van der Waals surface area contributed by atoms with Crippen molar-refractivity contribution in [2.45, 2.75) is 25.3 Å². The summed E-state index contributed by atoms with van der Waals surface area (Å²) in [5.41, 5.74) is 0. The van der Waals surface area contributed by atoms with Gasteiger partial charge in [-0.1, -0.05) is 6.42 Å². The maximum atomic E-state index is 10.5. The second-order valence-corrected chi connectivity index (χ2v) is 5.21. The van der Waals surface area contributed by atoms with Crippen LogP contribution in [0.1, 0.15) is 19.3 Å². The molecule has 6 heteroatoms. The molecule has 4 nitrogen and oxygen atoms in total. The lowest BCUT2D eigenvalue weighted by atomic mass is 10.1. The highest BCUT2D eigenvalue weighted by Crippen LogP contribution is 2.07. The molecule has 1 saturated heterocycles. The van der Waals surface area contributed by atoms with E-state index >= 15 is 0 Å². The van der Waals surface area contributed by atoms with Crippen LogP contribution in [0.3, 0.4) is 0 Å². The van der Waals surface area contributed by atoms with Gasteiger partial charge in [0.25, 0.3) is 9.05 Å². The van der Waals surface area contributed by atoms with E-state index in [1.807, 2.05) is 0 Å². The molecule has 0 aromatic rings. The zero-order chi connectivity index (χ0) is 9.03. The molecule has 1 fully saturated rings. The first kappa shape index (κ1) is 10.3. The summed E-state index contributed by atoms with van der Waals surface area (Å²) in [5, 5.41) is 3.18. The molecule has 0 saturated carbocycles. The van der Waals surface area contributed by atoms with Crippen molar-refractivity contribution in [3.63, 3.8) is 0 Å².